The highest BCUT2D eigenvalue weighted by atomic mass is 16.5. The van der Waals surface area contributed by atoms with Gasteiger partial charge in [-0.1, -0.05) is 19.9 Å². The number of H-pyrrole nitrogens is 1. The third-order valence-electron chi connectivity index (χ3n) is 7.09. The number of nitrogens with one attached hydrogen (secondary N) is 2. The SMILES string of the molecule is CC1(C)CC=C(c2nc(C3CC(C)(C)O[C@](C)(C(=O)O)C3)ccc2NC(=O)c2nc(C#N)c[nH]2)CC1. The Labute approximate surface area is 211 Å². The standard InChI is InChI=1S/C27H33N5O4/c1-25(2)10-8-16(9-11-25)21-20(32-23(33)22-29-15-18(14-28)30-22)7-6-19(31-21)17-12-26(3,4)36-27(5,13-17)24(34)35/h6-8,15,17H,9-13H2,1-5H3,(H,29,30)(H,32,33)(H,34,35)/t17?,27-/m0/s1. The summed E-state index contributed by atoms with van der Waals surface area (Å²) in [5.74, 6) is -1.53. The van der Waals surface area contributed by atoms with Crippen LogP contribution in [0.15, 0.2) is 24.4 Å². The summed E-state index contributed by atoms with van der Waals surface area (Å²) in [6, 6.07) is 5.58. The van der Waals surface area contributed by atoms with Crippen LogP contribution in [0, 0.1) is 16.7 Å². The Morgan fingerprint density at radius 2 is 1.94 bits per heavy atom. The molecular formula is C27H33N5O4. The second kappa shape index (κ2) is 9.17. The number of aliphatic carboxylic acids is 1. The van der Waals surface area contributed by atoms with E-state index in [1.165, 1.54) is 6.20 Å². The number of hydrogen-bond acceptors (Lipinski definition) is 6. The molecule has 1 saturated heterocycles. The monoisotopic (exact) mass is 491 g/mol. The van der Waals surface area contributed by atoms with Gasteiger partial charge in [-0.05, 0) is 76.0 Å². The Hall–Kier alpha value is -3.51. The largest absolute Gasteiger partial charge is 0.479 e. The van der Waals surface area contributed by atoms with Gasteiger partial charge in [0.25, 0.3) is 5.91 Å². The number of imidazole rings is 1. The zero-order valence-electron chi connectivity index (χ0n) is 21.4. The number of amides is 1. The topological polar surface area (TPSA) is 141 Å². The van der Waals surface area contributed by atoms with E-state index in [0.717, 1.165) is 30.5 Å². The number of rotatable bonds is 5. The molecule has 190 valence electrons. The summed E-state index contributed by atoms with van der Waals surface area (Å²) < 4.78 is 5.95. The van der Waals surface area contributed by atoms with Gasteiger partial charge in [-0.2, -0.15) is 5.26 Å². The molecule has 0 radical (unpaired) electrons. The minimum absolute atomic E-state index is 0.0451. The number of aromatic amines is 1. The van der Waals surface area contributed by atoms with Crippen LogP contribution in [0.5, 0.6) is 0 Å². The van der Waals surface area contributed by atoms with Crippen molar-refractivity contribution in [3.63, 3.8) is 0 Å². The molecule has 0 bridgehead atoms. The predicted octanol–water partition coefficient (Wildman–Crippen LogP) is 5.04. The number of hydrogen-bond donors (Lipinski definition) is 3. The van der Waals surface area contributed by atoms with Crippen molar-refractivity contribution < 1.29 is 19.4 Å². The lowest BCUT2D eigenvalue weighted by atomic mass is 9.77. The fourth-order valence-electron chi connectivity index (χ4n) is 5.18. The molecule has 1 aliphatic carbocycles. The van der Waals surface area contributed by atoms with Crippen LogP contribution in [-0.4, -0.2) is 43.1 Å². The van der Waals surface area contributed by atoms with Crippen molar-refractivity contribution in [3.05, 3.63) is 47.3 Å². The van der Waals surface area contributed by atoms with E-state index in [-0.39, 0.29) is 22.9 Å². The van der Waals surface area contributed by atoms with E-state index in [2.05, 4.69) is 35.2 Å². The van der Waals surface area contributed by atoms with Crippen molar-refractivity contribution >= 4 is 23.1 Å². The molecule has 36 heavy (non-hydrogen) atoms. The summed E-state index contributed by atoms with van der Waals surface area (Å²) in [6.07, 6.45) is 7.20. The molecule has 4 rings (SSSR count). The molecule has 0 spiro atoms. The van der Waals surface area contributed by atoms with E-state index in [9.17, 15) is 14.7 Å². The second-order valence-corrected chi connectivity index (χ2v) is 11.4. The van der Waals surface area contributed by atoms with Crippen molar-refractivity contribution in [3.8, 4) is 6.07 Å². The molecular weight excluding hydrogens is 458 g/mol. The van der Waals surface area contributed by atoms with E-state index >= 15 is 0 Å². The van der Waals surface area contributed by atoms with Crippen LogP contribution in [-0.2, 0) is 9.53 Å². The van der Waals surface area contributed by atoms with Crippen LogP contribution in [0.2, 0.25) is 0 Å². The van der Waals surface area contributed by atoms with Gasteiger partial charge < -0.3 is 20.1 Å². The number of nitriles is 1. The third kappa shape index (κ3) is 5.34. The average molecular weight is 492 g/mol. The second-order valence-electron chi connectivity index (χ2n) is 11.4. The molecule has 2 atom stereocenters. The summed E-state index contributed by atoms with van der Waals surface area (Å²) in [4.78, 5) is 36.6. The zero-order chi connectivity index (χ0) is 26.3. The first-order valence-corrected chi connectivity index (χ1v) is 12.2. The Morgan fingerprint density at radius 1 is 1.19 bits per heavy atom. The fraction of sp³-hybridized carbons (Fsp3) is 0.519. The van der Waals surface area contributed by atoms with Crippen LogP contribution >= 0.6 is 0 Å². The van der Waals surface area contributed by atoms with Crippen LogP contribution in [0.4, 0.5) is 5.69 Å². The highest BCUT2D eigenvalue weighted by molar-refractivity contribution is 6.03. The van der Waals surface area contributed by atoms with Gasteiger partial charge in [-0.25, -0.2) is 9.78 Å². The van der Waals surface area contributed by atoms with Crippen molar-refractivity contribution in [2.24, 2.45) is 5.41 Å². The fourth-order valence-corrected chi connectivity index (χ4v) is 5.18. The van der Waals surface area contributed by atoms with Gasteiger partial charge in [-0.3, -0.25) is 9.78 Å². The minimum atomic E-state index is -1.31. The Balaban J connectivity index is 1.71. The summed E-state index contributed by atoms with van der Waals surface area (Å²) >= 11 is 0. The van der Waals surface area contributed by atoms with E-state index in [0.29, 0.717) is 24.2 Å². The number of carboxylic acids is 1. The molecule has 2 aromatic heterocycles. The van der Waals surface area contributed by atoms with Crippen LogP contribution < -0.4 is 5.32 Å². The smallest absolute Gasteiger partial charge is 0.335 e. The van der Waals surface area contributed by atoms with Gasteiger partial charge in [0.1, 0.15) is 6.07 Å². The Morgan fingerprint density at radius 3 is 2.56 bits per heavy atom. The molecule has 1 fully saturated rings. The average Bonchev–Trinajstić information content (AvgIpc) is 3.28. The highest BCUT2D eigenvalue weighted by Gasteiger charge is 2.48. The van der Waals surface area contributed by atoms with Crippen molar-refractivity contribution in [2.45, 2.75) is 83.8 Å². The highest BCUT2D eigenvalue weighted by Crippen LogP contribution is 2.45. The number of carbonyl (C=O) groups excluding carboxylic acids is 1. The number of anilines is 1. The van der Waals surface area contributed by atoms with Gasteiger partial charge in [0.05, 0.1) is 17.0 Å². The third-order valence-corrected chi connectivity index (χ3v) is 7.09. The maximum atomic E-state index is 12.9. The number of nitrogens with zero attached hydrogens (tertiary/aromatic N) is 3. The number of carbonyl (C=O) groups is 2. The summed E-state index contributed by atoms with van der Waals surface area (Å²) in [7, 11) is 0. The van der Waals surface area contributed by atoms with E-state index in [1.54, 1.807) is 6.92 Å². The van der Waals surface area contributed by atoms with Crippen molar-refractivity contribution in [2.75, 3.05) is 5.32 Å². The van der Waals surface area contributed by atoms with Gasteiger partial charge in [0.2, 0.25) is 0 Å². The number of ether oxygens (including phenoxy) is 1. The van der Waals surface area contributed by atoms with E-state index in [4.69, 9.17) is 15.0 Å². The first-order valence-electron chi connectivity index (χ1n) is 12.2. The lowest BCUT2D eigenvalue weighted by molar-refractivity contribution is -0.200. The van der Waals surface area contributed by atoms with Crippen LogP contribution in [0.1, 0.15) is 100 Å². The first kappa shape index (κ1) is 25.6. The Bertz CT molecular complexity index is 1270. The number of carboxylic acid groups (broad SMARTS) is 1. The molecule has 9 heteroatoms. The quantitative estimate of drug-likeness (QED) is 0.532. The zero-order valence-corrected chi connectivity index (χ0v) is 21.4. The molecule has 3 heterocycles. The summed E-state index contributed by atoms with van der Waals surface area (Å²) in [5, 5.41) is 21.8. The summed E-state index contributed by atoms with van der Waals surface area (Å²) in [6.45, 7) is 9.88. The van der Waals surface area contributed by atoms with Gasteiger partial charge in [0, 0.05) is 17.8 Å². The van der Waals surface area contributed by atoms with Crippen LogP contribution in [0.3, 0.4) is 0 Å². The normalized spacial score (nSPS) is 24.9. The molecule has 9 nitrogen and oxygen atoms in total. The van der Waals surface area contributed by atoms with Gasteiger partial charge in [-0.15, -0.1) is 0 Å². The first-order chi connectivity index (χ1) is 16.8. The molecule has 2 aromatic rings. The predicted molar refractivity (Wildman–Crippen MR) is 134 cm³/mol. The van der Waals surface area contributed by atoms with Crippen molar-refractivity contribution in [1.29, 1.82) is 5.26 Å². The molecule has 0 saturated carbocycles. The van der Waals surface area contributed by atoms with E-state index < -0.39 is 23.1 Å². The van der Waals surface area contributed by atoms with E-state index in [1.807, 2.05) is 32.0 Å². The Kier molecular flexibility index (Phi) is 6.52. The molecule has 1 unspecified atom stereocenters. The molecule has 2 aliphatic rings. The van der Waals surface area contributed by atoms with Gasteiger partial charge in [0.15, 0.2) is 17.1 Å². The number of pyridine rings is 1. The van der Waals surface area contributed by atoms with Crippen LogP contribution in [0.25, 0.3) is 5.57 Å². The number of aromatic nitrogens is 3. The molecule has 0 aromatic carbocycles. The maximum absolute atomic E-state index is 12.9. The minimum Gasteiger partial charge on any atom is -0.479 e. The maximum Gasteiger partial charge on any atom is 0.335 e. The van der Waals surface area contributed by atoms with Crippen molar-refractivity contribution in [1.82, 2.24) is 15.0 Å². The summed E-state index contributed by atoms with van der Waals surface area (Å²) in [5.41, 5.74) is 1.46. The molecule has 3 N–H and O–H groups in total. The lowest BCUT2D eigenvalue weighted by Gasteiger charge is -2.44. The molecule has 1 aliphatic heterocycles. The number of allylic oxidation sites excluding steroid dienone is 2. The molecule has 1 amide bonds. The van der Waals surface area contributed by atoms with Gasteiger partial charge >= 0.3 is 5.97 Å². The lowest BCUT2D eigenvalue weighted by Crippen LogP contribution is -2.51.